The predicted octanol–water partition coefficient (Wildman–Crippen LogP) is 6.55. The Kier molecular flexibility index (Phi) is 5.75. The Morgan fingerprint density at radius 2 is 1.65 bits per heavy atom. The van der Waals surface area contributed by atoms with Crippen LogP contribution in [0, 0.1) is 0 Å². The second-order valence-corrected chi connectivity index (χ2v) is 6.49. The van der Waals surface area contributed by atoms with E-state index < -0.39 is 0 Å². The SMILES string of the molecule is C=CC(=C)C(=S)C(=C(C)C)c1cccc(-c2cccc(S)c2)c1. The molecule has 0 atom stereocenters. The minimum Gasteiger partial charge on any atom is -0.143 e. The Labute approximate surface area is 149 Å². The molecule has 0 radical (unpaired) electrons. The molecule has 0 saturated carbocycles. The van der Waals surface area contributed by atoms with Crippen LogP contribution < -0.4 is 0 Å². The lowest BCUT2D eigenvalue weighted by atomic mass is 9.92. The second-order valence-electron chi connectivity index (χ2n) is 5.56. The predicted molar refractivity (Wildman–Crippen MR) is 109 cm³/mol. The molecule has 2 aromatic carbocycles. The Balaban J connectivity index is 2.53. The molecule has 0 bridgehead atoms. The lowest BCUT2D eigenvalue weighted by Gasteiger charge is -2.14. The molecular formula is C21H20S2. The van der Waals surface area contributed by atoms with E-state index in [1.165, 1.54) is 0 Å². The van der Waals surface area contributed by atoms with E-state index in [0.29, 0.717) is 0 Å². The monoisotopic (exact) mass is 336 g/mol. The van der Waals surface area contributed by atoms with Gasteiger partial charge in [-0.1, -0.05) is 67.4 Å². The molecule has 0 fully saturated rings. The van der Waals surface area contributed by atoms with Crippen molar-refractivity contribution < 1.29 is 0 Å². The molecule has 0 nitrogen and oxygen atoms in total. The highest BCUT2D eigenvalue weighted by Crippen LogP contribution is 2.29. The summed E-state index contributed by atoms with van der Waals surface area (Å²) in [4.78, 5) is 1.70. The van der Waals surface area contributed by atoms with E-state index in [0.717, 1.165) is 43.2 Å². The molecule has 0 saturated heterocycles. The smallest absolute Gasteiger partial charge is 0.0521 e. The van der Waals surface area contributed by atoms with Crippen molar-refractivity contribution in [3.05, 3.63) is 84.5 Å². The first-order valence-electron chi connectivity index (χ1n) is 7.37. The van der Waals surface area contributed by atoms with Gasteiger partial charge in [0.05, 0.1) is 4.86 Å². The van der Waals surface area contributed by atoms with Crippen LogP contribution in [0.1, 0.15) is 19.4 Å². The van der Waals surface area contributed by atoms with Gasteiger partial charge in [0.2, 0.25) is 0 Å². The molecule has 0 aliphatic heterocycles. The molecule has 0 aliphatic rings. The molecule has 116 valence electrons. The summed E-state index contributed by atoms with van der Waals surface area (Å²) in [5.74, 6) is 0. The third-order valence-corrected chi connectivity index (χ3v) is 4.34. The number of thiol groups is 1. The zero-order chi connectivity index (χ0) is 17.0. The van der Waals surface area contributed by atoms with Gasteiger partial charge >= 0.3 is 0 Å². The summed E-state index contributed by atoms with van der Waals surface area (Å²) in [6.07, 6.45) is 1.71. The summed E-state index contributed by atoms with van der Waals surface area (Å²) in [7, 11) is 0. The van der Waals surface area contributed by atoms with Crippen LogP contribution in [0.3, 0.4) is 0 Å². The fourth-order valence-electron chi connectivity index (χ4n) is 2.44. The maximum Gasteiger partial charge on any atom is 0.0521 e. The van der Waals surface area contributed by atoms with Crippen molar-refractivity contribution in [3.63, 3.8) is 0 Å². The topological polar surface area (TPSA) is 0 Å². The van der Waals surface area contributed by atoms with E-state index >= 15 is 0 Å². The molecule has 2 heteroatoms. The number of thiocarbonyl (C=S) groups is 1. The summed E-state index contributed by atoms with van der Waals surface area (Å²) >= 11 is 10.0. The fraction of sp³-hybridized carbons (Fsp3) is 0.0952. The number of benzene rings is 2. The summed E-state index contributed by atoms with van der Waals surface area (Å²) < 4.78 is 0. The highest BCUT2D eigenvalue weighted by atomic mass is 32.1. The van der Waals surface area contributed by atoms with Crippen molar-refractivity contribution in [1.29, 1.82) is 0 Å². The minimum absolute atomic E-state index is 0.750. The first-order valence-corrected chi connectivity index (χ1v) is 8.23. The van der Waals surface area contributed by atoms with Crippen LogP contribution in [0.15, 0.2) is 83.8 Å². The molecular weight excluding hydrogens is 316 g/mol. The highest BCUT2D eigenvalue weighted by Gasteiger charge is 2.12. The van der Waals surface area contributed by atoms with Crippen molar-refractivity contribution in [2.75, 3.05) is 0 Å². The van der Waals surface area contributed by atoms with Crippen LogP contribution in [0.25, 0.3) is 16.7 Å². The number of hydrogen-bond donors (Lipinski definition) is 1. The van der Waals surface area contributed by atoms with Gasteiger partial charge in [-0.3, -0.25) is 0 Å². The highest BCUT2D eigenvalue weighted by molar-refractivity contribution is 7.82. The molecule has 23 heavy (non-hydrogen) atoms. The van der Waals surface area contributed by atoms with Crippen molar-refractivity contribution in [1.82, 2.24) is 0 Å². The molecule has 0 unspecified atom stereocenters. The van der Waals surface area contributed by atoms with Gasteiger partial charge in [-0.25, -0.2) is 0 Å². The minimum atomic E-state index is 0.750. The molecule has 0 aromatic heterocycles. The summed E-state index contributed by atoms with van der Waals surface area (Å²) in [6.45, 7) is 11.9. The summed E-state index contributed by atoms with van der Waals surface area (Å²) in [6, 6.07) is 16.5. The van der Waals surface area contributed by atoms with Gasteiger partial charge in [-0.2, -0.15) is 0 Å². The van der Waals surface area contributed by atoms with Crippen LogP contribution in [-0.2, 0) is 0 Å². The first-order chi connectivity index (χ1) is 10.9. The largest absolute Gasteiger partial charge is 0.143 e. The zero-order valence-electron chi connectivity index (χ0n) is 13.5. The van der Waals surface area contributed by atoms with E-state index in [1.54, 1.807) is 6.08 Å². The standard InChI is InChI=1S/C21H20S2/c1-5-15(4)21(23)20(14(2)3)18-10-6-8-16(12-18)17-9-7-11-19(22)13-17/h5-13,22H,1,4H2,2-3H3. The van der Waals surface area contributed by atoms with Crippen molar-refractivity contribution in [2.24, 2.45) is 0 Å². The van der Waals surface area contributed by atoms with Gasteiger partial charge in [-0.15, -0.1) is 12.6 Å². The lowest BCUT2D eigenvalue weighted by molar-refractivity contribution is 1.40. The molecule has 0 spiro atoms. The van der Waals surface area contributed by atoms with Crippen molar-refractivity contribution in [3.8, 4) is 11.1 Å². The van der Waals surface area contributed by atoms with E-state index in [-0.39, 0.29) is 0 Å². The second kappa shape index (κ2) is 7.58. The molecule has 0 N–H and O–H groups in total. The van der Waals surface area contributed by atoms with E-state index in [4.69, 9.17) is 12.2 Å². The van der Waals surface area contributed by atoms with Crippen LogP contribution in [-0.4, -0.2) is 4.86 Å². The van der Waals surface area contributed by atoms with Gasteiger partial charge in [0, 0.05) is 4.90 Å². The Morgan fingerprint density at radius 1 is 1.04 bits per heavy atom. The number of hydrogen-bond acceptors (Lipinski definition) is 2. The summed E-state index contributed by atoms with van der Waals surface area (Å²) in [5, 5.41) is 0. The van der Waals surface area contributed by atoms with E-state index in [2.05, 4.69) is 76.0 Å². The van der Waals surface area contributed by atoms with Gasteiger partial charge in [0.1, 0.15) is 0 Å². The maximum absolute atomic E-state index is 5.60. The maximum atomic E-state index is 5.60. The lowest BCUT2D eigenvalue weighted by Crippen LogP contribution is -2.02. The summed E-state index contributed by atoms with van der Waals surface area (Å²) in [5.41, 5.74) is 6.37. The van der Waals surface area contributed by atoms with Crippen LogP contribution in [0.2, 0.25) is 0 Å². The average molecular weight is 337 g/mol. The van der Waals surface area contributed by atoms with Crippen LogP contribution in [0.5, 0.6) is 0 Å². The van der Waals surface area contributed by atoms with Gasteiger partial charge in [0.15, 0.2) is 0 Å². The zero-order valence-corrected chi connectivity index (χ0v) is 15.2. The molecule has 0 aliphatic carbocycles. The van der Waals surface area contributed by atoms with E-state index in [1.807, 2.05) is 12.1 Å². The number of allylic oxidation sites excluding steroid dienone is 4. The van der Waals surface area contributed by atoms with E-state index in [9.17, 15) is 0 Å². The van der Waals surface area contributed by atoms with Gasteiger partial charge < -0.3 is 0 Å². The van der Waals surface area contributed by atoms with Crippen LogP contribution >= 0.6 is 24.8 Å². The van der Waals surface area contributed by atoms with Crippen LogP contribution in [0.4, 0.5) is 0 Å². The quantitative estimate of drug-likeness (QED) is 0.280. The Hall–Kier alpha value is -1.90. The van der Waals surface area contributed by atoms with Crippen molar-refractivity contribution in [2.45, 2.75) is 18.7 Å². The number of rotatable bonds is 5. The first kappa shape index (κ1) is 17.5. The third kappa shape index (κ3) is 4.10. The Bertz CT molecular complexity index is 806. The van der Waals surface area contributed by atoms with Crippen molar-refractivity contribution >= 4 is 35.3 Å². The Morgan fingerprint density at radius 3 is 2.22 bits per heavy atom. The third-order valence-electron chi connectivity index (χ3n) is 3.60. The van der Waals surface area contributed by atoms with Gasteiger partial charge in [-0.05, 0) is 59.9 Å². The molecule has 2 aromatic rings. The molecule has 2 rings (SSSR count). The normalized spacial score (nSPS) is 10.0. The van der Waals surface area contributed by atoms with Gasteiger partial charge in [0.25, 0.3) is 0 Å². The molecule has 0 heterocycles. The molecule has 0 amide bonds. The average Bonchev–Trinajstić information content (AvgIpc) is 2.54. The fourth-order valence-corrected chi connectivity index (χ4v) is 3.07.